The van der Waals surface area contributed by atoms with E-state index in [1.165, 1.54) is 50.4 Å². The number of likely N-dealkylation sites (tertiary alicyclic amines) is 1. The fourth-order valence-corrected chi connectivity index (χ4v) is 4.22. The molecular weight excluding hydrogens is 379 g/mol. The van der Waals surface area contributed by atoms with Crippen molar-refractivity contribution in [3.05, 3.63) is 35.1 Å². The lowest BCUT2D eigenvalue weighted by Gasteiger charge is -2.30. The summed E-state index contributed by atoms with van der Waals surface area (Å²) in [5.74, 6) is 0.979. The van der Waals surface area contributed by atoms with E-state index in [0.29, 0.717) is 23.6 Å². The second-order valence-corrected chi connectivity index (χ2v) is 9.85. The van der Waals surface area contributed by atoms with Crippen molar-refractivity contribution in [1.29, 1.82) is 0 Å². The molecule has 0 amide bonds. The van der Waals surface area contributed by atoms with Gasteiger partial charge in [0.25, 0.3) is 0 Å². The minimum atomic E-state index is -3.19. The Morgan fingerprint density at radius 3 is 2.61 bits per heavy atom. The van der Waals surface area contributed by atoms with E-state index in [0.717, 1.165) is 25.4 Å². The maximum atomic E-state index is 13.6. The van der Waals surface area contributed by atoms with E-state index >= 15 is 0 Å². The number of guanidine groups is 1. The van der Waals surface area contributed by atoms with Crippen molar-refractivity contribution in [1.82, 2.24) is 15.5 Å². The van der Waals surface area contributed by atoms with Crippen LogP contribution >= 0.6 is 0 Å². The van der Waals surface area contributed by atoms with Gasteiger partial charge < -0.3 is 15.5 Å². The van der Waals surface area contributed by atoms with Gasteiger partial charge in [0.05, 0.1) is 5.75 Å². The van der Waals surface area contributed by atoms with Crippen molar-refractivity contribution >= 4 is 15.8 Å². The van der Waals surface area contributed by atoms with Crippen LogP contribution in [0.3, 0.4) is 0 Å². The van der Waals surface area contributed by atoms with Crippen LogP contribution in [-0.4, -0.2) is 58.8 Å². The van der Waals surface area contributed by atoms with Gasteiger partial charge in [0, 0.05) is 26.4 Å². The molecule has 1 fully saturated rings. The quantitative estimate of drug-likeness (QED) is 0.389. The van der Waals surface area contributed by atoms with E-state index in [-0.39, 0.29) is 11.6 Å². The number of benzene rings is 1. The minimum Gasteiger partial charge on any atom is -0.356 e. The van der Waals surface area contributed by atoms with E-state index in [9.17, 15) is 12.8 Å². The van der Waals surface area contributed by atoms with Crippen LogP contribution in [0, 0.1) is 11.7 Å². The van der Waals surface area contributed by atoms with E-state index < -0.39 is 9.84 Å². The van der Waals surface area contributed by atoms with Gasteiger partial charge >= 0.3 is 0 Å². The lowest BCUT2D eigenvalue weighted by molar-refractivity contribution is 0.191. The Kier molecular flexibility index (Phi) is 8.69. The Bertz CT molecular complexity index is 759. The van der Waals surface area contributed by atoms with Gasteiger partial charge in [-0.15, -0.1) is 0 Å². The molecule has 0 aromatic heterocycles. The third-order valence-electron chi connectivity index (χ3n) is 5.08. The zero-order chi connectivity index (χ0) is 20.6. The molecule has 1 saturated heterocycles. The van der Waals surface area contributed by atoms with Crippen molar-refractivity contribution in [3.8, 4) is 0 Å². The highest BCUT2D eigenvalue weighted by Crippen LogP contribution is 2.16. The van der Waals surface area contributed by atoms with Gasteiger partial charge in [-0.25, -0.2) is 12.8 Å². The van der Waals surface area contributed by atoms with Crippen molar-refractivity contribution in [2.45, 2.75) is 38.5 Å². The maximum Gasteiger partial charge on any atom is 0.191 e. The fourth-order valence-electron chi connectivity index (χ4n) is 3.38. The van der Waals surface area contributed by atoms with Crippen LogP contribution in [0.4, 0.5) is 4.39 Å². The summed E-state index contributed by atoms with van der Waals surface area (Å²) in [7, 11) is -1.50. The predicted molar refractivity (Wildman–Crippen MR) is 113 cm³/mol. The summed E-state index contributed by atoms with van der Waals surface area (Å²) in [6.45, 7) is 6.85. The molecule has 0 unspecified atom stereocenters. The lowest BCUT2D eigenvalue weighted by atomic mass is 9.99. The van der Waals surface area contributed by atoms with Crippen LogP contribution in [0.5, 0.6) is 0 Å². The van der Waals surface area contributed by atoms with E-state index in [1.807, 2.05) is 0 Å². The molecule has 1 aliphatic heterocycles. The Hall–Kier alpha value is -1.67. The second-order valence-electron chi connectivity index (χ2n) is 7.71. The summed E-state index contributed by atoms with van der Waals surface area (Å²) in [5.41, 5.74) is 1.22. The average Bonchev–Trinajstić information content (AvgIpc) is 2.63. The molecule has 0 saturated carbocycles. The molecule has 1 aromatic carbocycles. The monoisotopic (exact) mass is 412 g/mol. The first-order valence-corrected chi connectivity index (χ1v) is 11.9. The third kappa shape index (κ3) is 8.14. The predicted octanol–water partition coefficient (Wildman–Crippen LogP) is 2.16. The van der Waals surface area contributed by atoms with Crippen molar-refractivity contribution in [3.63, 3.8) is 0 Å². The first-order chi connectivity index (χ1) is 13.3. The van der Waals surface area contributed by atoms with Crippen LogP contribution in [0.1, 0.15) is 37.3 Å². The number of aliphatic imine (C=N–C) groups is 1. The maximum absolute atomic E-state index is 13.6. The van der Waals surface area contributed by atoms with Crippen molar-refractivity contribution < 1.29 is 12.8 Å². The van der Waals surface area contributed by atoms with Gasteiger partial charge in [0.2, 0.25) is 0 Å². The summed E-state index contributed by atoms with van der Waals surface area (Å²) in [5, 5.41) is 6.42. The molecule has 6 nitrogen and oxygen atoms in total. The zero-order valence-electron chi connectivity index (χ0n) is 17.2. The summed E-state index contributed by atoms with van der Waals surface area (Å²) in [4.78, 5) is 6.69. The van der Waals surface area contributed by atoms with Gasteiger partial charge in [-0.2, -0.15) is 0 Å². The SMILES string of the molecule is CN=C(NCCCN1CCC(C)CC1)NCc1cc(F)ccc1CS(C)(=O)=O. The molecule has 158 valence electrons. The Labute approximate surface area is 168 Å². The third-order valence-corrected chi connectivity index (χ3v) is 5.91. The van der Waals surface area contributed by atoms with Crippen LogP contribution in [-0.2, 0) is 22.1 Å². The number of nitrogens with one attached hydrogen (secondary N) is 2. The Morgan fingerprint density at radius 1 is 1.25 bits per heavy atom. The van der Waals surface area contributed by atoms with Crippen LogP contribution in [0.25, 0.3) is 0 Å². The molecule has 0 radical (unpaired) electrons. The van der Waals surface area contributed by atoms with Crippen LogP contribution in [0.15, 0.2) is 23.2 Å². The molecule has 2 rings (SSSR count). The van der Waals surface area contributed by atoms with Gasteiger partial charge in [0.1, 0.15) is 5.82 Å². The number of piperidine rings is 1. The standard InChI is InChI=1S/C20H33FN4O2S/c1-16-7-11-25(12-8-16)10-4-9-23-20(22-2)24-14-18-13-19(21)6-5-17(18)15-28(3,26)27/h5-6,13,16H,4,7-12,14-15H2,1-3H3,(H2,22,23,24). The summed E-state index contributed by atoms with van der Waals surface area (Å²) in [6.07, 6.45) is 4.76. The molecule has 1 aliphatic rings. The Morgan fingerprint density at radius 2 is 1.96 bits per heavy atom. The molecule has 28 heavy (non-hydrogen) atoms. The highest BCUT2D eigenvalue weighted by molar-refractivity contribution is 7.89. The number of halogens is 1. The summed E-state index contributed by atoms with van der Waals surface area (Å²) in [6, 6.07) is 4.19. The summed E-state index contributed by atoms with van der Waals surface area (Å²) >= 11 is 0. The topological polar surface area (TPSA) is 73.8 Å². The highest BCUT2D eigenvalue weighted by Gasteiger charge is 2.15. The second kappa shape index (κ2) is 10.8. The highest BCUT2D eigenvalue weighted by atomic mass is 32.2. The fraction of sp³-hybridized carbons (Fsp3) is 0.650. The molecular formula is C20H33FN4O2S. The van der Waals surface area contributed by atoms with Crippen LogP contribution in [0.2, 0.25) is 0 Å². The number of nitrogens with zero attached hydrogens (tertiary/aromatic N) is 2. The molecule has 1 aromatic rings. The number of hydrogen-bond acceptors (Lipinski definition) is 4. The van der Waals surface area contributed by atoms with Gasteiger partial charge in [-0.3, -0.25) is 4.99 Å². The van der Waals surface area contributed by atoms with Crippen molar-refractivity contribution in [2.75, 3.05) is 39.5 Å². The zero-order valence-corrected chi connectivity index (χ0v) is 18.0. The smallest absolute Gasteiger partial charge is 0.191 e. The average molecular weight is 413 g/mol. The first-order valence-electron chi connectivity index (χ1n) is 9.88. The lowest BCUT2D eigenvalue weighted by Crippen LogP contribution is -2.39. The molecule has 0 spiro atoms. The Balaban J connectivity index is 1.79. The van der Waals surface area contributed by atoms with E-state index in [1.54, 1.807) is 7.05 Å². The molecule has 8 heteroatoms. The van der Waals surface area contributed by atoms with Crippen molar-refractivity contribution in [2.24, 2.45) is 10.9 Å². The van der Waals surface area contributed by atoms with Gasteiger partial charge in [0.15, 0.2) is 15.8 Å². The summed E-state index contributed by atoms with van der Waals surface area (Å²) < 4.78 is 36.8. The van der Waals surface area contributed by atoms with Crippen LogP contribution < -0.4 is 10.6 Å². The molecule has 1 heterocycles. The van der Waals surface area contributed by atoms with Gasteiger partial charge in [-0.05, 0) is 68.1 Å². The van der Waals surface area contributed by atoms with E-state index in [4.69, 9.17) is 0 Å². The van der Waals surface area contributed by atoms with E-state index in [2.05, 4.69) is 27.4 Å². The first kappa shape index (κ1) is 22.6. The minimum absolute atomic E-state index is 0.106. The number of sulfone groups is 1. The largest absolute Gasteiger partial charge is 0.356 e. The normalized spacial score (nSPS) is 16.9. The number of hydrogen-bond donors (Lipinski definition) is 2. The number of rotatable bonds is 8. The molecule has 2 N–H and O–H groups in total. The molecule has 0 atom stereocenters. The molecule has 0 bridgehead atoms. The van der Waals surface area contributed by atoms with Gasteiger partial charge in [-0.1, -0.05) is 13.0 Å². The molecule has 0 aliphatic carbocycles.